The first-order chi connectivity index (χ1) is 22.7. The molecule has 2 heteroatoms. The summed E-state index contributed by atoms with van der Waals surface area (Å²) in [5.74, 6) is 5.57. The Morgan fingerprint density at radius 2 is 1.51 bits per heavy atom. The summed E-state index contributed by atoms with van der Waals surface area (Å²) in [6.07, 6.45) is 33.9. The molecule has 3 saturated carbocycles. The van der Waals surface area contributed by atoms with Gasteiger partial charge in [0.1, 0.15) is 0 Å². The molecule has 0 N–H and O–H groups in total. The van der Waals surface area contributed by atoms with Gasteiger partial charge in [0, 0.05) is 10.2 Å². The van der Waals surface area contributed by atoms with E-state index >= 15 is 0 Å². The van der Waals surface area contributed by atoms with Crippen molar-refractivity contribution in [1.82, 2.24) is 0 Å². The molecule has 8 atom stereocenters. The van der Waals surface area contributed by atoms with Crippen LogP contribution in [-0.2, 0) is 11.2 Å². The number of ether oxygens (including phenoxy) is 1. The van der Waals surface area contributed by atoms with E-state index in [-0.39, 0.29) is 0 Å². The van der Waals surface area contributed by atoms with Crippen molar-refractivity contribution in [3.8, 4) is 0 Å². The summed E-state index contributed by atoms with van der Waals surface area (Å²) >= 11 is 2.42. The first-order valence-electron chi connectivity index (χ1n) is 20.8. The molecule has 266 valence electrons. The molecule has 0 bridgehead atoms. The van der Waals surface area contributed by atoms with Crippen molar-refractivity contribution in [1.29, 1.82) is 0 Å². The van der Waals surface area contributed by atoms with Crippen LogP contribution in [0.3, 0.4) is 0 Å². The summed E-state index contributed by atoms with van der Waals surface area (Å²) < 4.78 is 7.93. The minimum Gasteiger partial charge on any atom is -0.378 e. The zero-order valence-electron chi connectivity index (χ0n) is 31.5. The van der Waals surface area contributed by atoms with E-state index in [2.05, 4.69) is 87.6 Å². The second kappa shape index (κ2) is 18.2. The predicted octanol–water partition coefficient (Wildman–Crippen LogP) is 14.2. The average molecular weight is 757 g/mol. The first kappa shape index (κ1) is 37.9. The highest BCUT2D eigenvalue weighted by Crippen LogP contribution is 2.67. The third-order valence-corrected chi connectivity index (χ3v) is 15.0. The van der Waals surface area contributed by atoms with Crippen LogP contribution in [0.5, 0.6) is 0 Å². The Labute approximate surface area is 305 Å². The second-order valence-corrected chi connectivity index (χ2v) is 19.2. The van der Waals surface area contributed by atoms with E-state index in [0.717, 1.165) is 42.1 Å². The van der Waals surface area contributed by atoms with Crippen LogP contribution < -0.4 is 0 Å². The van der Waals surface area contributed by atoms with Gasteiger partial charge in [0.15, 0.2) is 0 Å². The molecular weight excluding hydrogens is 683 g/mol. The van der Waals surface area contributed by atoms with Gasteiger partial charge in [-0.2, -0.15) is 0 Å². The van der Waals surface area contributed by atoms with Crippen molar-refractivity contribution < 1.29 is 4.74 Å². The largest absolute Gasteiger partial charge is 0.378 e. The Balaban J connectivity index is 0.941. The molecule has 1 nitrogen and oxygen atoms in total. The fourth-order valence-corrected chi connectivity index (χ4v) is 12.2. The molecular formula is C45H73IO. The summed E-state index contributed by atoms with van der Waals surface area (Å²) in [7, 11) is 0. The summed E-state index contributed by atoms with van der Waals surface area (Å²) in [5, 5.41) is 0. The molecule has 0 saturated heterocycles. The highest BCUT2D eigenvalue weighted by Gasteiger charge is 2.59. The molecule has 1 aromatic carbocycles. The van der Waals surface area contributed by atoms with E-state index in [4.69, 9.17) is 4.74 Å². The van der Waals surface area contributed by atoms with Gasteiger partial charge in [-0.1, -0.05) is 129 Å². The van der Waals surface area contributed by atoms with E-state index in [1.807, 2.05) is 0 Å². The van der Waals surface area contributed by atoms with Gasteiger partial charge in [-0.15, -0.1) is 0 Å². The molecule has 0 radical (unpaired) electrons. The lowest BCUT2D eigenvalue weighted by Crippen LogP contribution is -2.51. The predicted molar refractivity (Wildman–Crippen MR) is 212 cm³/mol. The molecule has 5 rings (SSSR count). The average Bonchev–Trinajstić information content (AvgIpc) is 3.40. The van der Waals surface area contributed by atoms with Crippen LogP contribution in [-0.4, -0.2) is 12.7 Å². The second-order valence-electron chi connectivity index (χ2n) is 17.9. The van der Waals surface area contributed by atoms with Gasteiger partial charge in [-0.3, -0.25) is 0 Å². The van der Waals surface area contributed by atoms with Crippen LogP contribution in [0, 0.1) is 49.9 Å². The number of fused-ring (bicyclic) bond motifs is 5. The molecule has 0 amide bonds. The van der Waals surface area contributed by atoms with Crippen molar-refractivity contribution in [2.75, 3.05) is 6.61 Å². The van der Waals surface area contributed by atoms with Crippen molar-refractivity contribution >= 4 is 22.6 Å². The van der Waals surface area contributed by atoms with Gasteiger partial charge in [-0.25, -0.2) is 0 Å². The van der Waals surface area contributed by atoms with E-state index in [1.165, 1.54) is 150 Å². The van der Waals surface area contributed by atoms with E-state index in [9.17, 15) is 0 Å². The fourth-order valence-electron chi connectivity index (χ4n) is 11.6. The van der Waals surface area contributed by atoms with Gasteiger partial charge in [-0.05, 0) is 157 Å². The maximum Gasteiger partial charge on any atom is 0.0612 e. The quantitative estimate of drug-likeness (QED) is 0.0776. The molecule has 0 aromatic heterocycles. The molecule has 1 aromatic rings. The van der Waals surface area contributed by atoms with Crippen LogP contribution in [0.1, 0.15) is 175 Å². The van der Waals surface area contributed by atoms with Crippen molar-refractivity contribution in [2.24, 2.45) is 46.3 Å². The Bertz CT molecular complexity index is 1110. The van der Waals surface area contributed by atoms with E-state index in [1.54, 1.807) is 5.57 Å². The van der Waals surface area contributed by atoms with Crippen LogP contribution in [0.25, 0.3) is 0 Å². The number of benzene rings is 1. The first-order valence-corrected chi connectivity index (χ1v) is 21.8. The summed E-state index contributed by atoms with van der Waals surface area (Å²) in [5.41, 5.74) is 4.35. The summed E-state index contributed by atoms with van der Waals surface area (Å²) in [6, 6.07) is 9.00. The zero-order valence-corrected chi connectivity index (χ0v) is 33.6. The number of unbranched alkanes of at least 4 members (excludes halogenated alkanes) is 9. The SMILES string of the molecule is CC(C)CCC[C@@H](C)[C@H]1CCC2C3CC=C4CC(OCCCCCCCCCCCCc5cccc(I)c5)CC[C@]4(C)C3CC[C@@]21C. The maximum atomic E-state index is 6.57. The maximum absolute atomic E-state index is 6.57. The van der Waals surface area contributed by atoms with Gasteiger partial charge in [0.2, 0.25) is 0 Å². The Morgan fingerprint density at radius 1 is 0.787 bits per heavy atom. The standard InChI is InChI=1S/C45H73IO/c1-34(2)18-16-19-35(3)41-25-26-42-40-24-23-37-33-39(27-29-44(37,4)43(40)28-30-45(41,42)5)47-31-15-13-11-9-7-6-8-10-12-14-20-36-21-17-22-38(46)32-36/h17,21-23,32,34-35,39-43H,6-16,18-20,24-31,33H2,1-5H3/t35-,39?,40?,41-,42?,43?,44+,45-/m1/s1. The number of hydrogen-bond donors (Lipinski definition) is 0. The minimum absolute atomic E-state index is 0.450. The number of halogens is 1. The third kappa shape index (κ3) is 9.92. The summed E-state index contributed by atoms with van der Waals surface area (Å²) in [4.78, 5) is 0. The molecule has 4 unspecified atom stereocenters. The number of hydrogen-bond acceptors (Lipinski definition) is 1. The lowest BCUT2D eigenvalue weighted by molar-refractivity contribution is -0.0641. The Kier molecular flexibility index (Phi) is 14.7. The van der Waals surface area contributed by atoms with Crippen molar-refractivity contribution in [3.63, 3.8) is 0 Å². The molecule has 0 heterocycles. The molecule has 0 spiro atoms. The molecule has 4 aliphatic rings. The molecule has 47 heavy (non-hydrogen) atoms. The van der Waals surface area contributed by atoms with Crippen LogP contribution in [0.4, 0.5) is 0 Å². The zero-order chi connectivity index (χ0) is 33.3. The molecule has 0 aliphatic heterocycles. The Hall–Kier alpha value is -0.350. The van der Waals surface area contributed by atoms with Crippen LogP contribution in [0.2, 0.25) is 0 Å². The molecule has 4 aliphatic carbocycles. The van der Waals surface area contributed by atoms with Gasteiger partial charge < -0.3 is 4.74 Å². The number of allylic oxidation sites excluding steroid dienone is 1. The smallest absolute Gasteiger partial charge is 0.0612 e. The monoisotopic (exact) mass is 756 g/mol. The van der Waals surface area contributed by atoms with Crippen LogP contribution in [0.15, 0.2) is 35.9 Å². The third-order valence-electron chi connectivity index (χ3n) is 14.4. The number of aryl methyl sites for hydroxylation is 1. The topological polar surface area (TPSA) is 9.23 Å². The van der Waals surface area contributed by atoms with E-state index < -0.39 is 0 Å². The molecule has 3 fully saturated rings. The lowest BCUT2D eigenvalue weighted by Gasteiger charge is -2.58. The fraction of sp³-hybridized carbons (Fsp3) is 0.822. The van der Waals surface area contributed by atoms with Crippen molar-refractivity contribution in [3.05, 3.63) is 45.0 Å². The van der Waals surface area contributed by atoms with Gasteiger partial charge in [0.05, 0.1) is 6.10 Å². The Morgan fingerprint density at radius 3 is 2.23 bits per heavy atom. The van der Waals surface area contributed by atoms with Gasteiger partial charge >= 0.3 is 0 Å². The summed E-state index contributed by atoms with van der Waals surface area (Å²) in [6.45, 7) is 13.8. The normalized spacial score (nSPS) is 32.5. The highest BCUT2D eigenvalue weighted by atomic mass is 127. The van der Waals surface area contributed by atoms with E-state index in [0.29, 0.717) is 16.9 Å². The van der Waals surface area contributed by atoms with Crippen molar-refractivity contribution in [2.45, 2.75) is 182 Å². The number of rotatable bonds is 19. The minimum atomic E-state index is 0.450. The lowest BCUT2D eigenvalue weighted by atomic mass is 9.47. The highest BCUT2D eigenvalue weighted by molar-refractivity contribution is 14.1. The van der Waals surface area contributed by atoms with Crippen LogP contribution >= 0.6 is 22.6 Å². The van der Waals surface area contributed by atoms with Gasteiger partial charge in [0.25, 0.3) is 0 Å².